The first-order valence-corrected chi connectivity index (χ1v) is 7.11. The standard InChI is InChI=1S/C15H16BrNO2/c1-3-19-15(18)7-5-13-9-11-8-12(16)4-6-14(11)10(2)17-13/h4,6,8-9H,3,5,7H2,1-2H3. The van der Waals surface area contributed by atoms with Crippen LogP contribution in [0.2, 0.25) is 0 Å². The molecule has 0 saturated heterocycles. The van der Waals surface area contributed by atoms with Crippen LogP contribution in [0.3, 0.4) is 0 Å². The number of hydrogen-bond donors (Lipinski definition) is 0. The number of aromatic nitrogens is 1. The molecular formula is C15H16BrNO2. The minimum absolute atomic E-state index is 0.170. The Morgan fingerprint density at radius 3 is 2.89 bits per heavy atom. The van der Waals surface area contributed by atoms with Crippen LogP contribution in [0, 0.1) is 6.92 Å². The van der Waals surface area contributed by atoms with Crippen molar-refractivity contribution in [3.63, 3.8) is 0 Å². The van der Waals surface area contributed by atoms with Gasteiger partial charge in [0.2, 0.25) is 0 Å². The first-order valence-electron chi connectivity index (χ1n) is 6.31. The monoisotopic (exact) mass is 321 g/mol. The smallest absolute Gasteiger partial charge is 0.306 e. The van der Waals surface area contributed by atoms with Crippen molar-refractivity contribution in [3.8, 4) is 0 Å². The number of halogens is 1. The summed E-state index contributed by atoms with van der Waals surface area (Å²) in [6.45, 7) is 4.23. The predicted octanol–water partition coefficient (Wildman–Crippen LogP) is 3.80. The molecule has 0 amide bonds. The van der Waals surface area contributed by atoms with E-state index in [2.05, 4.69) is 33.0 Å². The van der Waals surface area contributed by atoms with E-state index in [1.807, 2.05) is 26.0 Å². The van der Waals surface area contributed by atoms with Crippen LogP contribution in [0.5, 0.6) is 0 Å². The van der Waals surface area contributed by atoms with Gasteiger partial charge in [-0.2, -0.15) is 0 Å². The first-order chi connectivity index (χ1) is 9.10. The largest absolute Gasteiger partial charge is 0.466 e. The molecule has 3 nitrogen and oxygen atoms in total. The quantitative estimate of drug-likeness (QED) is 0.804. The fourth-order valence-electron chi connectivity index (χ4n) is 2.06. The lowest BCUT2D eigenvalue weighted by Crippen LogP contribution is -2.06. The average molecular weight is 322 g/mol. The topological polar surface area (TPSA) is 39.2 Å². The van der Waals surface area contributed by atoms with E-state index >= 15 is 0 Å². The van der Waals surface area contributed by atoms with Gasteiger partial charge in [0.05, 0.1) is 13.0 Å². The van der Waals surface area contributed by atoms with Gasteiger partial charge in [0, 0.05) is 27.7 Å². The zero-order chi connectivity index (χ0) is 13.8. The summed E-state index contributed by atoms with van der Waals surface area (Å²) in [6.07, 6.45) is 0.988. The molecule has 2 aromatic rings. The van der Waals surface area contributed by atoms with Crippen molar-refractivity contribution in [2.24, 2.45) is 0 Å². The van der Waals surface area contributed by atoms with Gasteiger partial charge in [-0.3, -0.25) is 9.78 Å². The van der Waals surface area contributed by atoms with Crippen LogP contribution in [0.4, 0.5) is 0 Å². The summed E-state index contributed by atoms with van der Waals surface area (Å²) in [5.41, 5.74) is 1.92. The summed E-state index contributed by atoms with van der Waals surface area (Å²) in [5, 5.41) is 2.28. The number of rotatable bonds is 4. The fourth-order valence-corrected chi connectivity index (χ4v) is 2.44. The summed E-state index contributed by atoms with van der Waals surface area (Å²) in [6, 6.07) is 8.16. The molecule has 0 aliphatic carbocycles. The Bertz CT molecular complexity index is 610. The molecule has 19 heavy (non-hydrogen) atoms. The fraction of sp³-hybridized carbons (Fsp3) is 0.333. The molecule has 0 atom stereocenters. The van der Waals surface area contributed by atoms with Gasteiger partial charge in [-0.05, 0) is 37.4 Å². The molecule has 0 radical (unpaired) electrons. The van der Waals surface area contributed by atoms with Crippen LogP contribution in [0.25, 0.3) is 10.8 Å². The number of ether oxygens (including phenoxy) is 1. The summed E-state index contributed by atoms with van der Waals surface area (Å²) < 4.78 is 5.97. The molecule has 0 N–H and O–H groups in total. The van der Waals surface area contributed by atoms with Gasteiger partial charge in [-0.1, -0.05) is 22.0 Å². The van der Waals surface area contributed by atoms with Crippen molar-refractivity contribution in [2.75, 3.05) is 6.61 Å². The summed E-state index contributed by atoms with van der Waals surface area (Å²) in [5.74, 6) is -0.170. The highest BCUT2D eigenvalue weighted by Crippen LogP contribution is 2.23. The molecule has 0 saturated carbocycles. The number of fused-ring (bicyclic) bond motifs is 1. The molecule has 0 unspecified atom stereocenters. The van der Waals surface area contributed by atoms with Crippen molar-refractivity contribution < 1.29 is 9.53 Å². The Hall–Kier alpha value is -1.42. The molecule has 0 spiro atoms. The number of aryl methyl sites for hydroxylation is 2. The molecule has 1 aromatic carbocycles. The van der Waals surface area contributed by atoms with Crippen LogP contribution in [0.1, 0.15) is 24.7 Å². The van der Waals surface area contributed by atoms with Gasteiger partial charge >= 0.3 is 5.97 Å². The summed E-state index contributed by atoms with van der Waals surface area (Å²) in [7, 11) is 0. The van der Waals surface area contributed by atoms with Crippen molar-refractivity contribution in [1.29, 1.82) is 0 Å². The maximum atomic E-state index is 11.4. The highest BCUT2D eigenvalue weighted by Gasteiger charge is 2.07. The van der Waals surface area contributed by atoms with E-state index in [4.69, 9.17) is 4.74 Å². The second kappa shape index (κ2) is 6.15. The zero-order valence-corrected chi connectivity index (χ0v) is 12.7. The lowest BCUT2D eigenvalue weighted by Gasteiger charge is -2.07. The van der Waals surface area contributed by atoms with E-state index in [1.54, 1.807) is 0 Å². The molecular weight excluding hydrogens is 306 g/mol. The molecule has 1 heterocycles. The Kier molecular flexibility index (Phi) is 4.53. The third kappa shape index (κ3) is 3.53. The van der Waals surface area contributed by atoms with E-state index in [1.165, 1.54) is 0 Å². The Morgan fingerprint density at radius 1 is 1.37 bits per heavy atom. The number of pyridine rings is 1. The zero-order valence-electron chi connectivity index (χ0n) is 11.1. The normalized spacial score (nSPS) is 10.7. The van der Waals surface area contributed by atoms with Gasteiger partial charge in [-0.25, -0.2) is 0 Å². The molecule has 2 rings (SSSR count). The molecule has 100 valence electrons. The summed E-state index contributed by atoms with van der Waals surface area (Å²) in [4.78, 5) is 15.9. The minimum atomic E-state index is -0.170. The van der Waals surface area contributed by atoms with Crippen molar-refractivity contribution in [3.05, 3.63) is 40.1 Å². The summed E-state index contributed by atoms with van der Waals surface area (Å²) >= 11 is 3.47. The van der Waals surface area contributed by atoms with Crippen molar-refractivity contribution >= 4 is 32.7 Å². The number of benzene rings is 1. The van der Waals surface area contributed by atoms with Crippen LogP contribution < -0.4 is 0 Å². The molecule has 0 aliphatic rings. The van der Waals surface area contributed by atoms with Crippen LogP contribution >= 0.6 is 15.9 Å². The molecule has 0 fully saturated rings. The number of esters is 1. The highest BCUT2D eigenvalue weighted by molar-refractivity contribution is 9.10. The van der Waals surface area contributed by atoms with Crippen molar-refractivity contribution in [2.45, 2.75) is 26.7 Å². The number of carbonyl (C=O) groups excluding carboxylic acids is 1. The van der Waals surface area contributed by atoms with Crippen LogP contribution in [-0.2, 0) is 16.0 Å². The van der Waals surface area contributed by atoms with Gasteiger partial charge in [0.25, 0.3) is 0 Å². The Balaban J connectivity index is 2.22. The van der Waals surface area contributed by atoms with E-state index in [0.717, 1.165) is 26.6 Å². The van der Waals surface area contributed by atoms with Gasteiger partial charge in [-0.15, -0.1) is 0 Å². The maximum absolute atomic E-state index is 11.4. The van der Waals surface area contributed by atoms with Gasteiger partial charge in [0.1, 0.15) is 0 Å². The van der Waals surface area contributed by atoms with E-state index < -0.39 is 0 Å². The average Bonchev–Trinajstić information content (AvgIpc) is 2.36. The van der Waals surface area contributed by atoms with Crippen molar-refractivity contribution in [1.82, 2.24) is 4.98 Å². The molecule has 0 bridgehead atoms. The van der Waals surface area contributed by atoms with Crippen LogP contribution in [0.15, 0.2) is 28.7 Å². The van der Waals surface area contributed by atoms with E-state index in [9.17, 15) is 4.79 Å². The Labute approximate surface area is 121 Å². The molecule has 1 aromatic heterocycles. The third-order valence-corrected chi connectivity index (χ3v) is 3.42. The van der Waals surface area contributed by atoms with Gasteiger partial charge < -0.3 is 4.74 Å². The lowest BCUT2D eigenvalue weighted by molar-refractivity contribution is -0.143. The Morgan fingerprint density at radius 2 is 2.16 bits per heavy atom. The molecule has 4 heteroatoms. The third-order valence-electron chi connectivity index (χ3n) is 2.93. The number of hydrogen-bond acceptors (Lipinski definition) is 3. The lowest BCUT2D eigenvalue weighted by atomic mass is 10.1. The first kappa shape index (κ1) is 14.0. The second-order valence-corrected chi connectivity index (χ2v) is 5.29. The van der Waals surface area contributed by atoms with Crippen LogP contribution in [-0.4, -0.2) is 17.6 Å². The van der Waals surface area contributed by atoms with E-state index in [-0.39, 0.29) is 5.97 Å². The van der Waals surface area contributed by atoms with E-state index in [0.29, 0.717) is 19.4 Å². The SMILES string of the molecule is CCOC(=O)CCc1cc2cc(Br)ccc2c(C)n1. The second-order valence-electron chi connectivity index (χ2n) is 4.37. The predicted molar refractivity (Wildman–Crippen MR) is 79.1 cm³/mol. The number of nitrogens with zero attached hydrogens (tertiary/aromatic N) is 1. The van der Waals surface area contributed by atoms with Gasteiger partial charge in [0.15, 0.2) is 0 Å². The maximum Gasteiger partial charge on any atom is 0.306 e. The number of carbonyl (C=O) groups is 1. The molecule has 0 aliphatic heterocycles. The highest BCUT2D eigenvalue weighted by atomic mass is 79.9. The minimum Gasteiger partial charge on any atom is -0.466 e.